The Hall–Kier alpha value is -1.41. The molecule has 3 unspecified atom stereocenters. The van der Waals surface area contributed by atoms with Gasteiger partial charge in [-0.2, -0.15) is 0 Å². The molecule has 0 amide bonds. The molecule has 1 aliphatic rings. The van der Waals surface area contributed by atoms with Crippen molar-refractivity contribution in [2.45, 2.75) is 32.3 Å². The van der Waals surface area contributed by atoms with Crippen LogP contribution >= 0.6 is 0 Å². The van der Waals surface area contributed by atoms with E-state index in [0.29, 0.717) is 5.92 Å². The summed E-state index contributed by atoms with van der Waals surface area (Å²) in [7, 11) is 0. The predicted molar refractivity (Wildman–Crippen MR) is 73.2 cm³/mol. The Morgan fingerprint density at radius 1 is 1.28 bits per heavy atom. The van der Waals surface area contributed by atoms with Gasteiger partial charge >= 0.3 is 0 Å². The quantitative estimate of drug-likeness (QED) is 0.869. The van der Waals surface area contributed by atoms with Crippen molar-refractivity contribution in [1.29, 1.82) is 0 Å². The number of hydrogen-bond donors (Lipinski definition) is 1. The summed E-state index contributed by atoms with van der Waals surface area (Å²) in [5, 5.41) is 12.9. The Labute approximate surface area is 108 Å². The molecule has 94 valence electrons. The SMILES string of the molecule is CC1CCC(C(O)c2cccc3cnccc23)C1. The second kappa shape index (κ2) is 4.69. The van der Waals surface area contributed by atoms with Crippen LogP contribution in [0.1, 0.15) is 37.9 Å². The number of rotatable bonds is 2. The van der Waals surface area contributed by atoms with Crippen molar-refractivity contribution in [3.8, 4) is 0 Å². The topological polar surface area (TPSA) is 33.1 Å². The van der Waals surface area contributed by atoms with Crippen LogP contribution in [0.15, 0.2) is 36.7 Å². The van der Waals surface area contributed by atoms with E-state index >= 15 is 0 Å². The first kappa shape index (κ1) is 11.7. The lowest BCUT2D eigenvalue weighted by molar-refractivity contribution is 0.111. The van der Waals surface area contributed by atoms with Gasteiger partial charge in [-0.25, -0.2) is 0 Å². The summed E-state index contributed by atoms with van der Waals surface area (Å²) in [5.41, 5.74) is 1.06. The fourth-order valence-electron chi connectivity index (χ4n) is 3.20. The highest BCUT2D eigenvalue weighted by Crippen LogP contribution is 2.40. The highest BCUT2D eigenvalue weighted by atomic mass is 16.3. The van der Waals surface area contributed by atoms with Gasteiger partial charge in [0.1, 0.15) is 0 Å². The van der Waals surface area contributed by atoms with E-state index in [0.717, 1.165) is 35.1 Å². The van der Waals surface area contributed by atoms with Gasteiger partial charge in [0.2, 0.25) is 0 Å². The molecule has 1 aliphatic carbocycles. The monoisotopic (exact) mass is 241 g/mol. The minimum atomic E-state index is -0.332. The van der Waals surface area contributed by atoms with Gasteiger partial charge in [0, 0.05) is 17.8 Å². The Balaban J connectivity index is 1.98. The highest BCUT2D eigenvalue weighted by molar-refractivity contribution is 5.85. The molecule has 3 rings (SSSR count). The second-order valence-electron chi connectivity index (χ2n) is 5.57. The van der Waals surface area contributed by atoms with Crippen molar-refractivity contribution >= 4 is 10.8 Å². The predicted octanol–water partition coefficient (Wildman–Crippen LogP) is 3.70. The fourth-order valence-corrected chi connectivity index (χ4v) is 3.20. The van der Waals surface area contributed by atoms with E-state index in [1.54, 1.807) is 6.20 Å². The molecule has 1 saturated carbocycles. The van der Waals surface area contributed by atoms with E-state index in [1.807, 2.05) is 18.3 Å². The zero-order chi connectivity index (χ0) is 12.5. The molecule has 1 heterocycles. The van der Waals surface area contributed by atoms with Crippen LogP contribution in [-0.4, -0.2) is 10.1 Å². The van der Waals surface area contributed by atoms with Crippen molar-refractivity contribution < 1.29 is 5.11 Å². The van der Waals surface area contributed by atoms with Gasteiger partial charge < -0.3 is 5.11 Å². The first-order chi connectivity index (χ1) is 8.75. The second-order valence-corrected chi connectivity index (χ2v) is 5.57. The van der Waals surface area contributed by atoms with E-state index in [1.165, 1.54) is 6.42 Å². The molecular formula is C16H19NO. The minimum Gasteiger partial charge on any atom is -0.388 e. The third-order valence-electron chi connectivity index (χ3n) is 4.22. The third-order valence-corrected chi connectivity index (χ3v) is 4.22. The molecule has 0 radical (unpaired) electrons. The maximum absolute atomic E-state index is 10.6. The summed E-state index contributed by atoms with van der Waals surface area (Å²) in [5.74, 6) is 1.17. The molecule has 1 aromatic carbocycles. The molecule has 3 atom stereocenters. The minimum absolute atomic E-state index is 0.332. The number of aliphatic hydroxyl groups excluding tert-OH is 1. The van der Waals surface area contributed by atoms with E-state index in [4.69, 9.17) is 0 Å². The zero-order valence-electron chi connectivity index (χ0n) is 10.7. The summed E-state index contributed by atoms with van der Waals surface area (Å²) in [6.07, 6.45) is 6.86. The Morgan fingerprint density at radius 2 is 2.17 bits per heavy atom. The molecular weight excluding hydrogens is 222 g/mol. The lowest BCUT2D eigenvalue weighted by atomic mass is 9.91. The number of benzene rings is 1. The van der Waals surface area contributed by atoms with Gasteiger partial charge in [-0.05, 0) is 41.7 Å². The highest BCUT2D eigenvalue weighted by Gasteiger charge is 2.29. The third kappa shape index (κ3) is 2.01. The number of fused-ring (bicyclic) bond motifs is 1. The molecule has 0 bridgehead atoms. The van der Waals surface area contributed by atoms with Crippen LogP contribution in [0.2, 0.25) is 0 Å². The van der Waals surface area contributed by atoms with Crippen LogP contribution in [0, 0.1) is 11.8 Å². The van der Waals surface area contributed by atoms with E-state index in [-0.39, 0.29) is 6.10 Å². The van der Waals surface area contributed by atoms with Gasteiger partial charge in [0.25, 0.3) is 0 Å². The zero-order valence-corrected chi connectivity index (χ0v) is 10.7. The molecule has 0 spiro atoms. The molecule has 1 aromatic heterocycles. The maximum atomic E-state index is 10.6. The average molecular weight is 241 g/mol. The van der Waals surface area contributed by atoms with Crippen molar-refractivity contribution in [3.05, 3.63) is 42.2 Å². The number of pyridine rings is 1. The molecule has 2 heteroatoms. The van der Waals surface area contributed by atoms with Gasteiger partial charge in [0.05, 0.1) is 6.10 Å². The largest absolute Gasteiger partial charge is 0.388 e. The Kier molecular flexibility index (Phi) is 3.04. The van der Waals surface area contributed by atoms with Crippen LogP contribution < -0.4 is 0 Å². The number of aromatic nitrogens is 1. The lowest BCUT2D eigenvalue weighted by Gasteiger charge is -2.20. The van der Waals surface area contributed by atoms with Crippen LogP contribution in [0.3, 0.4) is 0 Å². The summed E-state index contributed by atoms with van der Waals surface area (Å²) in [6, 6.07) is 8.12. The van der Waals surface area contributed by atoms with Crippen molar-refractivity contribution in [2.24, 2.45) is 11.8 Å². The first-order valence-corrected chi connectivity index (χ1v) is 6.76. The molecule has 0 aliphatic heterocycles. The van der Waals surface area contributed by atoms with Crippen molar-refractivity contribution in [3.63, 3.8) is 0 Å². The van der Waals surface area contributed by atoms with Crippen LogP contribution in [0.25, 0.3) is 10.8 Å². The molecule has 18 heavy (non-hydrogen) atoms. The molecule has 1 fully saturated rings. The van der Waals surface area contributed by atoms with Crippen LogP contribution in [0.4, 0.5) is 0 Å². The van der Waals surface area contributed by atoms with Gasteiger partial charge in [-0.1, -0.05) is 31.5 Å². The summed E-state index contributed by atoms with van der Waals surface area (Å²) in [6.45, 7) is 2.28. The normalized spacial score (nSPS) is 25.4. The molecule has 1 N–H and O–H groups in total. The van der Waals surface area contributed by atoms with Gasteiger partial charge in [-0.15, -0.1) is 0 Å². The smallest absolute Gasteiger partial charge is 0.0824 e. The first-order valence-electron chi connectivity index (χ1n) is 6.76. The van der Waals surface area contributed by atoms with E-state index in [2.05, 4.69) is 24.0 Å². The fraction of sp³-hybridized carbons (Fsp3) is 0.438. The number of aliphatic hydroxyl groups is 1. The lowest BCUT2D eigenvalue weighted by Crippen LogP contribution is -2.10. The molecule has 2 nitrogen and oxygen atoms in total. The molecule has 0 saturated heterocycles. The van der Waals surface area contributed by atoms with Crippen molar-refractivity contribution in [2.75, 3.05) is 0 Å². The molecule has 2 aromatic rings. The van der Waals surface area contributed by atoms with Gasteiger partial charge in [-0.3, -0.25) is 4.98 Å². The van der Waals surface area contributed by atoms with E-state index < -0.39 is 0 Å². The van der Waals surface area contributed by atoms with Crippen LogP contribution in [-0.2, 0) is 0 Å². The summed E-state index contributed by atoms with van der Waals surface area (Å²) >= 11 is 0. The van der Waals surface area contributed by atoms with Crippen molar-refractivity contribution in [1.82, 2.24) is 4.98 Å². The van der Waals surface area contributed by atoms with Crippen LogP contribution in [0.5, 0.6) is 0 Å². The maximum Gasteiger partial charge on any atom is 0.0824 e. The number of hydrogen-bond acceptors (Lipinski definition) is 2. The average Bonchev–Trinajstić information content (AvgIpc) is 2.84. The Morgan fingerprint density at radius 3 is 2.94 bits per heavy atom. The summed E-state index contributed by atoms with van der Waals surface area (Å²) < 4.78 is 0. The Bertz CT molecular complexity index is 546. The number of nitrogens with zero attached hydrogens (tertiary/aromatic N) is 1. The standard InChI is InChI=1S/C16H19NO/c1-11-5-6-12(9-11)16(18)15-4-2-3-13-10-17-8-7-14(13)15/h2-4,7-8,10-12,16,18H,5-6,9H2,1H3. The summed E-state index contributed by atoms with van der Waals surface area (Å²) in [4.78, 5) is 4.14. The van der Waals surface area contributed by atoms with Gasteiger partial charge in [0.15, 0.2) is 0 Å². The van der Waals surface area contributed by atoms with E-state index in [9.17, 15) is 5.11 Å².